The van der Waals surface area contributed by atoms with Crippen molar-refractivity contribution < 1.29 is 23.5 Å². The summed E-state index contributed by atoms with van der Waals surface area (Å²) >= 11 is 0. The maximum Gasteiger partial charge on any atom is 0.224 e. The molecule has 0 saturated carbocycles. The van der Waals surface area contributed by atoms with Crippen LogP contribution in [0.3, 0.4) is 0 Å². The largest absolute Gasteiger partial charge is 0.545 e. The number of anilines is 1. The third-order valence-electron chi connectivity index (χ3n) is 7.45. The molecule has 4 aromatic carbocycles. The van der Waals surface area contributed by atoms with Crippen LogP contribution in [-0.2, 0) is 24.4 Å². The van der Waals surface area contributed by atoms with Crippen molar-refractivity contribution in [2.24, 2.45) is 0 Å². The minimum absolute atomic E-state index is 0.0853. The molecule has 224 valence electrons. The highest BCUT2D eigenvalue weighted by molar-refractivity contribution is 5.94. The van der Waals surface area contributed by atoms with Gasteiger partial charge in [-0.3, -0.25) is 14.5 Å². The average Bonchev–Trinajstić information content (AvgIpc) is 3.00. The minimum atomic E-state index is -1.68. The fraction of sp³-hybridized carbons (Fsp3) is 0.171. The van der Waals surface area contributed by atoms with Crippen LogP contribution >= 0.6 is 0 Å². The smallest absolute Gasteiger partial charge is 0.224 e. The normalized spacial score (nSPS) is 11.2. The number of rotatable bonds is 10. The lowest BCUT2D eigenvalue weighted by atomic mass is 9.95. The van der Waals surface area contributed by atoms with Gasteiger partial charge in [0.1, 0.15) is 11.6 Å². The van der Waals surface area contributed by atoms with Crippen LogP contribution in [0.4, 0.5) is 14.5 Å². The molecule has 44 heavy (non-hydrogen) atoms. The second kappa shape index (κ2) is 13.0. The zero-order valence-electron chi connectivity index (χ0n) is 24.3. The molecule has 7 nitrogen and oxygen atoms in total. The molecule has 0 saturated heterocycles. The van der Waals surface area contributed by atoms with Gasteiger partial charge in [-0.15, -0.1) is 0 Å². The SMILES string of the molecule is CCC(=O)Nc1ccc(-c2cc3c(cc2CN(C)Cc2ccccc2)c(=O)c(C(=O)[O-])cn3Cc2c(F)cccc2F)cc1. The molecule has 0 atom stereocenters. The number of nitrogens with one attached hydrogen (secondary N) is 1. The number of pyridine rings is 1. The van der Waals surface area contributed by atoms with Crippen molar-refractivity contribution in [2.75, 3.05) is 12.4 Å². The molecule has 5 rings (SSSR count). The Hall–Kier alpha value is -5.15. The molecule has 9 heteroatoms. The second-order valence-corrected chi connectivity index (χ2v) is 10.7. The summed E-state index contributed by atoms with van der Waals surface area (Å²) in [7, 11) is 1.93. The van der Waals surface area contributed by atoms with Gasteiger partial charge in [-0.1, -0.05) is 55.5 Å². The number of carboxylic acid groups (broad SMARTS) is 1. The zero-order chi connectivity index (χ0) is 31.4. The Morgan fingerprint density at radius 1 is 0.909 bits per heavy atom. The Bertz CT molecular complexity index is 1880. The first kappa shape index (κ1) is 30.3. The third-order valence-corrected chi connectivity index (χ3v) is 7.45. The molecule has 0 unspecified atom stereocenters. The molecular weight excluding hydrogens is 564 g/mol. The van der Waals surface area contributed by atoms with Gasteiger partial charge in [-0.25, -0.2) is 8.78 Å². The molecule has 0 spiro atoms. The topological polar surface area (TPSA) is 94.5 Å². The van der Waals surface area contributed by atoms with E-state index in [1.54, 1.807) is 31.2 Å². The first-order valence-corrected chi connectivity index (χ1v) is 14.1. The van der Waals surface area contributed by atoms with E-state index in [9.17, 15) is 28.3 Å². The van der Waals surface area contributed by atoms with E-state index in [1.807, 2.05) is 49.5 Å². The first-order valence-electron chi connectivity index (χ1n) is 14.1. The number of aromatic nitrogens is 1. The van der Waals surface area contributed by atoms with E-state index in [0.29, 0.717) is 30.7 Å². The summed E-state index contributed by atoms with van der Waals surface area (Å²) in [5.74, 6) is -3.40. The standard InChI is InChI=1S/C35H31F2N3O4/c1-3-33(41)38-25-14-12-23(13-15-25)26-17-32-27(16-24(26)19-39(2)18-22-8-5-4-6-9-22)34(42)29(35(43)44)21-40(32)20-28-30(36)10-7-11-31(28)37/h4-17,21H,3,18-20H2,1-2H3,(H,38,41)(H,43,44)/p-1. The molecule has 0 bridgehead atoms. The molecule has 1 aromatic heterocycles. The van der Waals surface area contributed by atoms with Crippen molar-refractivity contribution >= 4 is 28.5 Å². The molecule has 0 radical (unpaired) electrons. The van der Waals surface area contributed by atoms with Gasteiger partial charge in [0, 0.05) is 42.3 Å². The van der Waals surface area contributed by atoms with E-state index in [-0.39, 0.29) is 23.4 Å². The van der Waals surface area contributed by atoms with Crippen molar-refractivity contribution in [1.82, 2.24) is 9.47 Å². The van der Waals surface area contributed by atoms with Gasteiger partial charge >= 0.3 is 0 Å². The van der Waals surface area contributed by atoms with Gasteiger partial charge < -0.3 is 19.8 Å². The number of fused-ring (bicyclic) bond motifs is 1. The Labute approximate surface area is 253 Å². The Morgan fingerprint density at radius 3 is 2.23 bits per heavy atom. The quantitative estimate of drug-likeness (QED) is 0.236. The Morgan fingerprint density at radius 2 is 1.59 bits per heavy atom. The van der Waals surface area contributed by atoms with Crippen LogP contribution in [0.2, 0.25) is 0 Å². The number of carbonyl (C=O) groups is 2. The summed E-state index contributed by atoms with van der Waals surface area (Å²) in [6.07, 6.45) is 1.40. The lowest BCUT2D eigenvalue weighted by molar-refractivity contribution is -0.255. The van der Waals surface area contributed by atoms with E-state index in [4.69, 9.17) is 0 Å². The average molecular weight is 595 g/mol. The number of carbonyl (C=O) groups excluding carboxylic acids is 2. The van der Waals surface area contributed by atoms with E-state index in [2.05, 4.69) is 10.2 Å². The molecule has 0 fully saturated rings. The van der Waals surface area contributed by atoms with Crippen LogP contribution in [0, 0.1) is 11.6 Å². The molecule has 0 aliphatic carbocycles. The summed E-state index contributed by atoms with van der Waals surface area (Å²) in [5, 5.41) is 14.9. The number of hydrogen-bond acceptors (Lipinski definition) is 5. The van der Waals surface area contributed by atoms with Gasteiger partial charge in [0.25, 0.3) is 0 Å². The van der Waals surface area contributed by atoms with Crippen LogP contribution in [-0.4, -0.2) is 28.4 Å². The maximum atomic E-state index is 14.7. The molecule has 0 aliphatic rings. The molecule has 0 aliphatic heterocycles. The lowest BCUT2D eigenvalue weighted by Crippen LogP contribution is -2.30. The Balaban J connectivity index is 1.69. The van der Waals surface area contributed by atoms with Crippen LogP contribution in [0.5, 0.6) is 0 Å². The van der Waals surface area contributed by atoms with Gasteiger partial charge in [0.2, 0.25) is 5.91 Å². The van der Waals surface area contributed by atoms with Crippen molar-refractivity contribution in [2.45, 2.75) is 33.0 Å². The third kappa shape index (κ3) is 6.58. The summed E-state index contributed by atoms with van der Waals surface area (Å²) < 4.78 is 30.7. The van der Waals surface area contributed by atoms with Gasteiger partial charge in [-0.2, -0.15) is 0 Å². The second-order valence-electron chi connectivity index (χ2n) is 10.7. The molecular formula is C35H30F2N3O4-. The van der Waals surface area contributed by atoms with E-state index >= 15 is 0 Å². The van der Waals surface area contributed by atoms with Crippen molar-refractivity contribution in [3.63, 3.8) is 0 Å². The summed E-state index contributed by atoms with van der Waals surface area (Å²) in [6, 6.07) is 23.9. The minimum Gasteiger partial charge on any atom is -0.545 e. The van der Waals surface area contributed by atoms with Crippen LogP contribution in [0.15, 0.2) is 95.9 Å². The molecule has 5 aromatic rings. The summed E-state index contributed by atoms with van der Waals surface area (Å²) in [6.45, 7) is 2.40. The molecule has 1 heterocycles. The highest BCUT2D eigenvalue weighted by atomic mass is 19.1. The van der Waals surface area contributed by atoms with Crippen LogP contribution < -0.4 is 15.9 Å². The zero-order valence-corrected chi connectivity index (χ0v) is 24.3. The maximum absolute atomic E-state index is 14.7. The van der Waals surface area contributed by atoms with Crippen molar-refractivity contribution in [3.8, 4) is 11.1 Å². The van der Waals surface area contributed by atoms with Crippen LogP contribution in [0.25, 0.3) is 22.0 Å². The monoisotopic (exact) mass is 594 g/mol. The van der Waals surface area contributed by atoms with Gasteiger partial charge in [0.05, 0.1) is 23.6 Å². The van der Waals surface area contributed by atoms with Gasteiger partial charge in [0.15, 0.2) is 5.43 Å². The van der Waals surface area contributed by atoms with Crippen molar-refractivity contribution in [3.05, 3.63) is 135 Å². The number of aromatic carboxylic acids is 1. The molecule has 1 amide bonds. The highest BCUT2D eigenvalue weighted by Crippen LogP contribution is 2.31. The van der Waals surface area contributed by atoms with Crippen molar-refractivity contribution in [1.29, 1.82) is 0 Å². The summed E-state index contributed by atoms with van der Waals surface area (Å²) in [4.78, 5) is 39.4. The number of carboxylic acids is 1. The first-order chi connectivity index (χ1) is 21.1. The number of halogens is 2. The summed E-state index contributed by atoms with van der Waals surface area (Å²) in [5.41, 5.74) is 2.61. The number of hydrogen-bond donors (Lipinski definition) is 1. The predicted octanol–water partition coefficient (Wildman–Crippen LogP) is 5.34. The van der Waals surface area contributed by atoms with E-state index in [0.717, 1.165) is 40.6 Å². The fourth-order valence-corrected chi connectivity index (χ4v) is 5.24. The van der Waals surface area contributed by atoms with Gasteiger partial charge in [-0.05, 0) is 65.7 Å². The predicted molar refractivity (Wildman–Crippen MR) is 164 cm³/mol. The molecule has 1 N–H and O–H groups in total. The highest BCUT2D eigenvalue weighted by Gasteiger charge is 2.18. The number of amides is 1. The van der Waals surface area contributed by atoms with E-state index < -0.39 is 28.6 Å². The number of nitrogens with zero attached hydrogens (tertiary/aromatic N) is 2. The lowest BCUT2D eigenvalue weighted by Gasteiger charge is -2.22. The fourth-order valence-electron chi connectivity index (χ4n) is 5.24. The van der Waals surface area contributed by atoms with E-state index in [1.165, 1.54) is 10.6 Å². The van der Waals surface area contributed by atoms with Crippen LogP contribution in [0.1, 0.15) is 40.4 Å². The number of benzene rings is 4. The Kier molecular flexibility index (Phi) is 8.96.